The fraction of sp³-hybridized carbons (Fsp3) is 0.682. The number of hydrogen-bond acceptors (Lipinski definition) is 4. The van der Waals surface area contributed by atoms with Crippen LogP contribution in [-0.2, 0) is 25.7 Å². The number of benzene rings is 1. The molecule has 1 saturated carbocycles. The van der Waals surface area contributed by atoms with Gasteiger partial charge in [-0.25, -0.2) is 13.1 Å². The van der Waals surface area contributed by atoms with Crippen LogP contribution in [-0.4, -0.2) is 56.8 Å². The summed E-state index contributed by atoms with van der Waals surface area (Å²) in [7, 11) is -3.43. The maximum Gasteiger partial charge on any atom is 0.416 e. The molecule has 2 fully saturated rings. The average molecular weight is 477 g/mol. The minimum Gasteiger partial charge on any atom is -0.376 e. The highest BCUT2D eigenvalue weighted by Gasteiger charge is 2.38. The van der Waals surface area contributed by atoms with Gasteiger partial charge in [0.15, 0.2) is 0 Å². The molecule has 1 aliphatic carbocycles. The highest BCUT2D eigenvalue weighted by molar-refractivity contribution is 7.88. The molecule has 0 unspecified atom stereocenters. The number of piperidine rings is 1. The Balaban J connectivity index is 1.58. The van der Waals surface area contributed by atoms with E-state index in [0.717, 1.165) is 30.4 Å². The third-order valence-electron chi connectivity index (χ3n) is 6.24. The number of halogens is 3. The third kappa shape index (κ3) is 6.45. The standard InChI is InChI=1S/C22H31F3N2O4S/c1-3-5-21(28)27-11-4-6-19(26-32(2,29)30)20(27)14-31-18-12-16(13-18)15-7-9-17(10-8-15)22(23,24)25/h7-10,16,18-20,26H,3-6,11-14H2,1-2H3/t16?,18?,19-,20-/m0/s1. The summed E-state index contributed by atoms with van der Waals surface area (Å²) in [5, 5.41) is 0. The topological polar surface area (TPSA) is 75.7 Å². The summed E-state index contributed by atoms with van der Waals surface area (Å²) in [5.41, 5.74) is 0.193. The first kappa shape index (κ1) is 25.0. The fourth-order valence-corrected chi connectivity index (χ4v) is 5.32. The number of likely N-dealkylation sites (tertiary alicyclic amines) is 1. The van der Waals surface area contributed by atoms with Crippen LogP contribution in [0.4, 0.5) is 13.2 Å². The monoisotopic (exact) mass is 476 g/mol. The Hall–Kier alpha value is -1.65. The molecule has 2 atom stereocenters. The van der Waals surface area contributed by atoms with Gasteiger partial charge in [0.25, 0.3) is 0 Å². The number of carbonyl (C=O) groups excluding carboxylic acids is 1. The molecule has 2 aliphatic rings. The molecule has 10 heteroatoms. The van der Waals surface area contributed by atoms with Crippen molar-refractivity contribution in [3.8, 4) is 0 Å². The smallest absolute Gasteiger partial charge is 0.376 e. The maximum absolute atomic E-state index is 12.7. The van der Waals surface area contributed by atoms with E-state index >= 15 is 0 Å². The van der Waals surface area contributed by atoms with E-state index in [1.807, 2.05) is 6.92 Å². The predicted octanol–water partition coefficient (Wildman–Crippen LogP) is 3.68. The van der Waals surface area contributed by atoms with Crippen LogP contribution < -0.4 is 4.72 Å². The van der Waals surface area contributed by atoms with Gasteiger partial charge in [0, 0.05) is 19.0 Å². The first-order chi connectivity index (χ1) is 15.0. The number of nitrogens with zero attached hydrogens (tertiary/aromatic N) is 1. The lowest BCUT2D eigenvalue weighted by atomic mass is 9.77. The molecular formula is C22H31F3N2O4S. The van der Waals surface area contributed by atoms with E-state index in [9.17, 15) is 26.4 Å². The molecule has 1 heterocycles. The lowest BCUT2D eigenvalue weighted by Gasteiger charge is -2.43. The molecule has 1 aromatic rings. The van der Waals surface area contributed by atoms with Gasteiger partial charge in [-0.15, -0.1) is 0 Å². The summed E-state index contributed by atoms with van der Waals surface area (Å²) in [6.07, 6.45) is 0.544. The summed E-state index contributed by atoms with van der Waals surface area (Å²) in [6, 6.07) is 4.46. The molecule has 1 N–H and O–H groups in total. The predicted molar refractivity (Wildman–Crippen MR) is 115 cm³/mol. The van der Waals surface area contributed by atoms with Crippen LogP contribution >= 0.6 is 0 Å². The fourth-order valence-electron chi connectivity index (χ4n) is 4.50. The lowest BCUT2D eigenvalue weighted by molar-refractivity contribution is -0.139. The third-order valence-corrected chi connectivity index (χ3v) is 6.97. The van der Waals surface area contributed by atoms with Crippen LogP contribution in [0.15, 0.2) is 24.3 Å². The lowest BCUT2D eigenvalue weighted by Crippen LogP contribution is -2.59. The van der Waals surface area contributed by atoms with Crippen molar-refractivity contribution in [2.24, 2.45) is 0 Å². The molecule has 0 aromatic heterocycles. The minimum atomic E-state index is -4.35. The van der Waals surface area contributed by atoms with Gasteiger partial charge in [-0.05, 0) is 55.7 Å². The summed E-state index contributed by atoms with van der Waals surface area (Å²) in [6.45, 7) is 2.73. The van der Waals surface area contributed by atoms with Crippen LogP contribution in [0, 0.1) is 0 Å². The molecule has 32 heavy (non-hydrogen) atoms. The van der Waals surface area contributed by atoms with E-state index in [0.29, 0.717) is 38.6 Å². The second kappa shape index (κ2) is 10.1. The molecule has 1 amide bonds. The van der Waals surface area contributed by atoms with Gasteiger partial charge < -0.3 is 9.64 Å². The molecule has 6 nitrogen and oxygen atoms in total. The minimum absolute atomic E-state index is 0.00246. The maximum atomic E-state index is 12.7. The Labute approximate surface area is 187 Å². The quantitative estimate of drug-likeness (QED) is 0.621. The van der Waals surface area contributed by atoms with Gasteiger partial charge in [-0.1, -0.05) is 19.1 Å². The first-order valence-corrected chi connectivity index (χ1v) is 12.9. The zero-order valence-corrected chi connectivity index (χ0v) is 19.2. The Kier molecular flexibility index (Phi) is 7.88. The summed E-state index contributed by atoms with van der Waals surface area (Å²) in [4.78, 5) is 14.3. The van der Waals surface area contributed by atoms with Gasteiger partial charge in [0.2, 0.25) is 15.9 Å². The Morgan fingerprint density at radius 1 is 1.22 bits per heavy atom. The van der Waals surface area contributed by atoms with Crippen LogP contribution in [0.1, 0.15) is 62.5 Å². The van der Waals surface area contributed by atoms with Crippen molar-refractivity contribution in [3.63, 3.8) is 0 Å². The van der Waals surface area contributed by atoms with Crippen LogP contribution in [0.3, 0.4) is 0 Å². The van der Waals surface area contributed by atoms with Gasteiger partial charge in [0.05, 0.1) is 30.6 Å². The van der Waals surface area contributed by atoms with Gasteiger partial charge in [-0.2, -0.15) is 13.2 Å². The highest BCUT2D eigenvalue weighted by Crippen LogP contribution is 2.40. The SMILES string of the molecule is CCCC(=O)N1CCC[C@H](NS(C)(=O)=O)[C@@H]1COC1CC(c2ccc(C(F)(F)F)cc2)C1. The molecule has 180 valence electrons. The molecule has 1 saturated heterocycles. The zero-order chi connectivity index (χ0) is 23.5. The second-order valence-electron chi connectivity index (χ2n) is 8.79. The van der Waals surface area contributed by atoms with Crippen LogP contribution in [0.5, 0.6) is 0 Å². The summed E-state index contributed by atoms with van der Waals surface area (Å²) < 4.78 is 70.5. The average Bonchev–Trinajstić information content (AvgIpc) is 2.66. The summed E-state index contributed by atoms with van der Waals surface area (Å²) in [5.74, 6) is 0.133. The second-order valence-corrected chi connectivity index (χ2v) is 10.6. The number of sulfonamides is 1. The van der Waals surface area contributed by atoms with Crippen molar-refractivity contribution in [1.82, 2.24) is 9.62 Å². The molecule has 1 aliphatic heterocycles. The Morgan fingerprint density at radius 2 is 1.88 bits per heavy atom. The highest BCUT2D eigenvalue weighted by atomic mass is 32.2. The number of amides is 1. The molecule has 3 rings (SSSR count). The van der Waals surface area contributed by atoms with E-state index in [1.165, 1.54) is 12.1 Å². The Bertz CT molecular complexity index is 883. The number of rotatable bonds is 8. The number of nitrogens with one attached hydrogen (secondary N) is 1. The Morgan fingerprint density at radius 3 is 2.44 bits per heavy atom. The van der Waals surface area contributed by atoms with Crippen molar-refractivity contribution in [3.05, 3.63) is 35.4 Å². The van der Waals surface area contributed by atoms with E-state index < -0.39 is 27.8 Å². The first-order valence-electron chi connectivity index (χ1n) is 11.0. The van der Waals surface area contributed by atoms with Crippen molar-refractivity contribution in [2.45, 2.75) is 75.7 Å². The molecule has 0 radical (unpaired) electrons. The van der Waals surface area contributed by atoms with E-state index in [-0.39, 0.29) is 30.6 Å². The van der Waals surface area contributed by atoms with Crippen LogP contribution in [0.25, 0.3) is 0 Å². The summed E-state index contributed by atoms with van der Waals surface area (Å²) >= 11 is 0. The van der Waals surface area contributed by atoms with E-state index in [4.69, 9.17) is 4.74 Å². The van der Waals surface area contributed by atoms with Gasteiger partial charge >= 0.3 is 6.18 Å². The van der Waals surface area contributed by atoms with Gasteiger partial charge in [-0.3, -0.25) is 4.79 Å². The number of ether oxygens (including phenoxy) is 1. The number of carbonyl (C=O) groups is 1. The molecular weight excluding hydrogens is 445 g/mol. The van der Waals surface area contributed by atoms with Crippen LogP contribution in [0.2, 0.25) is 0 Å². The van der Waals surface area contributed by atoms with Gasteiger partial charge in [0.1, 0.15) is 0 Å². The number of alkyl halides is 3. The normalized spacial score (nSPS) is 26.6. The molecule has 0 bridgehead atoms. The number of hydrogen-bond donors (Lipinski definition) is 1. The zero-order valence-electron chi connectivity index (χ0n) is 18.4. The largest absolute Gasteiger partial charge is 0.416 e. The molecule has 1 aromatic carbocycles. The molecule has 0 spiro atoms. The van der Waals surface area contributed by atoms with Crippen molar-refractivity contribution >= 4 is 15.9 Å². The van der Waals surface area contributed by atoms with Crippen molar-refractivity contribution in [1.29, 1.82) is 0 Å². The van der Waals surface area contributed by atoms with E-state index in [2.05, 4.69) is 4.72 Å². The van der Waals surface area contributed by atoms with E-state index in [1.54, 1.807) is 4.90 Å². The van der Waals surface area contributed by atoms with Crippen molar-refractivity contribution < 1.29 is 31.1 Å². The van der Waals surface area contributed by atoms with Crippen molar-refractivity contribution in [2.75, 3.05) is 19.4 Å².